The second-order valence-corrected chi connectivity index (χ2v) is 3.71. The number of hydrogen-bond donors (Lipinski definition) is 0. The first-order valence-electron chi connectivity index (χ1n) is 5.14. The Morgan fingerprint density at radius 3 is 2.88 bits per heavy atom. The van der Waals surface area contributed by atoms with Crippen molar-refractivity contribution in [3.05, 3.63) is 53.7 Å². The number of anilines is 1. The quantitative estimate of drug-likeness (QED) is 0.813. The SMILES string of the molecule is CN(Cc1ccco1)c1ccc(F)cc1C#N. The van der Waals surface area contributed by atoms with Crippen LogP contribution in [0.15, 0.2) is 41.0 Å². The second-order valence-electron chi connectivity index (χ2n) is 3.71. The molecule has 0 bridgehead atoms. The fourth-order valence-electron chi connectivity index (χ4n) is 1.65. The standard InChI is InChI=1S/C13H11FN2O/c1-16(9-12-3-2-6-17-12)13-5-4-11(14)7-10(13)8-15/h2-7H,9H2,1H3. The largest absolute Gasteiger partial charge is 0.467 e. The van der Waals surface area contributed by atoms with Crippen molar-refractivity contribution < 1.29 is 8.81 Å². The molecule has 0 amide bonds. The molecule has 0 saturated heterocycles. The number of nitrogens with zero attached hydrogens (tertiary/aromatic N) is 2. The Morgan fingerprint density at radius 1 is 1.41 bits per heavy atom. The minimum Gasteiger partial charge on any atom is -0.467 e. The molecule has 0 fully saturated rings. The first-order valence-corrected chi connectivity index (χ1v) is 5.14. The molecule has 2 rings (SSSR count). The fraction of sp³-hybridized carbons (Fsp3) is 0.154. The van der Waals surface area contributed by atoms with Crippen molar-refractivity contribution in [3.8, 4) is 6.07 Å². The Bertz CT molecular complexity index is 543. The summed E-state index contributed by atoms with van der Waals surface area (Å²) in [5, 5.41) is 8.95. The molecule has 4 heteroatoms. The van der Waals surface area contributed by atoms with Gasteiger partial charge in [-0.2, -0.15) is 5.26 Å². The average Bonchev–Trinajstić information content (AvgIpc) is 2.81. The summed E-state index contributed by atoms with van der Waals surface area (Å²) in [7, 11) is 1.83. The zero-order chi connectivity index (χ0) is 12.3. The molecule has 3 nitrogen and oxygen atoms in total. The van der Waals surface area contributed by atoms with Gasteiger partial charge in [-0.05, 0) is 30.3 Å². The van der Waals surface area contributed by atoms with Gasteiger partial charge in [0.1, 0.15) is 17.6 Å². The van der Waals surface area contributed by atoms with Crippen LogP contribution in [-0.2, 0) is 6.54 Å². The molecule has 0 N–H and O–H groups in total. The number of nitriles is 1. The van der Waals surface area contributed by atoms with Crippen molar-refractivity contribution in [1.29, 1.82) is 5.26 Å². The van der Waals surface area contributed by atoms with E-state index in [0.29, 0.717) is 17.8 Å². The van der Waals surface area contributed by atoms with E-state index in [1.807, 2.05) is 24.1 Å². The zero-order valence-electron chi connectivity index (χ0n) is 9.35. The van der Waals surface area contributed by atoms with E-state index in [2.05, 4.69) is 0 Å². The molecule has 0 unspecified atom stereocenters. The Labute approximate surface area is 98.7 Å². The average molecular weight is 230 g/mol. The maximum atomic E-state index is 13.0. The Hall–Kier alpha value is -2.28. The number of rotatable bonds is 3. The van der Waals surface area contributed by atoms with Crippen molar-refractivity contribution in [2.45, 2.75) is 6.54 Å². The Balaban J connectivity index is 2.25. The topological polar surface area (TPSA) is 40.2 Å². The van der Waals surface area contributed by atoms with Gasteiger partial charge >= 0.3 is 0 Å². The maximum absolute atomic E-state index is 13.0. The summed E-state index contributed by atoms with van der Waals surface area (Å²) in [5.74, 6) is 0.386. The molecule has 0 aliphatic rings. The van der Waals surface area contributed by atoms with Gasteiger partial charge in [-0.1, -0.05) is 0 Å². The molecule has 0 aliphatic carbocycles. The molecule has 0 spiro atoms. The highest BCUT2D eigenvalue weighted by Gasteiger charge is 2.09. The summed E-state index contributed by atoms with van der Waals surface area (Å²) in [4.78, 5) is 1.84. The molecule has 0 radical (unpaired) electrons. The molecule has 1 aromatic carbocycles. The third-order valence-corrected chi connectivity index (χ3v) is 2.46. The fourth-order valence-corrected chi connectivity index (χ4v) is 1.65. The minimum absolute atomic E-state index is 0.319. The molecule has 17 heavy (non-hydrogen) atoms. The molecular formula is C13H11FN2O. The molecule has 0 saturated carbocycles. The lowest BCUT2D eigenvalue weighted by Gasteiger charge is -2.19. The normalized spacial score (nSPS) is 9.94. The molecule has 0 aliphatic heterocycles. The van der Waals surface area contributed by atoms with Gasteiger partial charge in [-0.25, -0.2) is 4.39 Å². The van der Waals surface area contributed by atoms with Crippen molar-refractivity contribution in [2.24, 2.45) is 0 Å². The maximum Gasteiger partial charge on any atom is 0.124 e. The first kappa shape index (κ1) is 11.2. The second kappa shape index (κ2) is 4.71. The van der Waals surface area contributed by atoms with Gasteiger partial charge in [0.05, 0.1) is 24.1 Å². The van der Waals surface area contributed by atoms with Gasteiger partial charge in [-0.15, -0.1) is 0 Å². The summed E-state index contributed by atoms with van der Waals surface area (Å²) in [6.45, 7) is 0.535. The smallest absolute Gasteiger partial charge is 0.124 e. The molecule has 1 aromatic heterocycles. The summed E-state index contributed by atoms with van der Waals surface area (Å²) < 4.78 is 18.2. The Morgan fingerprint density at radius 2 is 2.24 bits per heavy atom. The third-order valence-electron chi connectivity index (χ3n) is 2.46. The Kier molecular flexibility index (Phi) is 3.10. The summed E-state index contributed by atoms with van der Waals surface area (Å²) in [5.41, 5.74) is 1.00. The highest BCUT2D eigenvalue weighted by Crippen LogP contribution is 2.21. The van der Waals surface area contributed by atoms with E-state index in [0.717, 1.165) is 5.76 Å². The number of benzene rings is 1. The van der Waals surface area contributed by atoms with Crippen LogP contribution in [-0.4, -0.2) is 7.05 Å². The minimum atomic E-state index is -0.406. The predicted molar refractivity (Wildman–Crippen MR) is 61.9 cm³/mol. The number of halogens is 1. The van der Waals surface area contributed by atoms with E-state index in [1.54, 1.807) is 18.4 Å². The van der Waals surface area contributed by atoms with Crippen LogP contribution in [0.5, 0.6) is 0 Å². The monoisotopic (exact) mass is 230 g/mol. The number of furan rings is 1. The van der Waals surface area contributed by atoms with Gasteiger partial charge in [0.2, 0.25) is 0 Å². The van der Waals surface area contributed by atoms with E-state index in [9.17, 15) is 4.39 Å². The van der Waals surface area contributed by atoms with Crippen LogP contribution in [0.25, 0.3) is 0 Å². The van der Waals surface area contributed by atoms with E-state index in [4.69, 9.17) is 9.68 Å². The van der Waals surface area contributed by atoms with Gasteiger partial charge in [0.15, 0.2) is 0 Å². The lowest BCUT2D eigenvalue weighted by Crippen LogP contribution is -2.17. The molecule has 86 valence electrons. The lowest BCUT2D eigenvalue weighted by molar-refractivity contribution is 0.507. The molecule has 1 heterocycles. The van der Waals surface area contributed by atoms with E-state index in [-0.39, 0.29) is 0 Å². The van der Waals surface area contributed by atoms with Crippen LogP contribution in [0.1, 0.15) is 11.3 Å². The van der Waals surface area contributed by atoms with Crippen molar-refractivity contribution in [3.63, 3.8) is 0 Å². The van der Waals surface area contributed by atoms with Crippen molar-refractivity contribution in [1.82, 2.24) is 0 Å². The number of hydrogen-bond acceptors (Lipinski definition) is 3. The first-order chi connectivity index (χ1) is 8.20. The predicted octanol–water partition coefficient (Wildman–Crippen LogP) is 2.93. The molecular weight excluding hydrogens is 219 g/mol. The van der Waals surface area contributed by atoms with Crippen LogP contribution in [0.2, 0.25) is 0 Å². The van der Waals surface area contributed by atoms with Crippen LogP contribution in [0.4, 0.5) is 10.1 Å². The van der Waals surface area contributed by atoms with Crippen LogP contribution < -0.4 is 4.90 Å². The third kappa shape index (κ3) is 2.45. The molecule has 2 aromatic rings. The van der Waals surface area contributed by atoms with Gasteiger partial charge in [0.25, 0.3) is 0 Å². The summed E-state index contributed by atoms with van der Waals surface area (Å²) in [6.07, 6.45) is 1.60. The van der Waals surface area contributed by atoms with E-state index < -0.39 is 5.82 Å². The van der Waals surface area contributed by atoms with E-state index >= 15 is 0 Å². The summed E-state index contributed by atoms with van der Waals surface area (Å²) in [6, 6.07) is 9.81. The van der Waals surface area contributed by atoms with Gasteiger partial charge < -0.3 is 9.32 Å². The zero-order valence-corrected chi connectivity index (χ0v) is 9.35. The van der Waals surface area contributed by atoms with Crippen molar-refractivity contribution >= 4 is 5.69 Å². The highest BCUT2D eigenvalue weighted by molar-refractivity contribution is 5.58. The van der Waals surface area contributed by atoms with Crippen LogP contribution >= 0.6 is 0 Å². The van der Waals surface area contributed by atoms with Crippen molar-refractivity contribution in [2.75, 3.05) is 11.9 Å². The lowest BCUT2D eigenvalue weighted by atomic mass is 10.1. The van der Waals surface area contributed by atoms with E-state index in [1.165, 1.54) is 12.1 Å². The van der Waals surface area contributed by atoms with Gasteiger partial charge in [-0.3, -0.25) is 0 Å². The van der Waals surface area contributed by atoms with Crippen LogP contribution in [0.3, 0.4) is 0 Å². The molecule has 0 atom stereocenters. The van der Waals surface area contributed by atoms with Crippen LogP contribution in [0, 0.1) is 17.1 Å². The van der Waals surface area contributed by atoms with Gasteiger partial charge in [0, 0.05) is 7.05 Å². The summed E-state index contributed by atoms with van der Waals surface area (Å²) >= 11 is 0. The highest BCUT2D eigenvalue weighted by atomic mass is 19.1.